The molecule has 2 aromatic rings. The fourth-order valence-electron chi connectivity index (χ4n) is 1.64. The van der Waals surface area contributed by atoms with E-state index in [-0.39, 0.29) is 17.9 Å². The normalized spacial score (nSPS) is 10.8. The van der Waals surface area contributed by atoms with Crippen LogP contribution in [-0.4, -0.2) is 17.2 Å². The minimum absolute atomic E-state index is 0.169. The summed E-state index contributed by atoms with van der Waals surface area (Å²) < 4.78 is 18.8. The van der Waals surface area contributed by atoms with Crippen molar-refractivity contribution in [2.45, 2.75) is 13.5 Å². The van der Waals surface area contributed by atoms with Crippen molar-refractivity contribution in [3.05, 3.63) is 35.1 Å². The molecule has 0 bridgehead atoms. The molecular weight excluding hydrogens is 209 g/mol. The highest BCUT2D eigenvalue weighted by Gasteiger charge is 2.11. The third-order valence-electron chi connectivity index (χ3n) is 2.55. The number of aliphatic hydroxyl groups is 1. The van der Waals surface area contributed by atoms with E-state index in [0.717, 1.165) is 0 Å². The topological polar surface area (TPSA) is 42.4 Å². The van der Waals surface area contributed by atoms with Crippen molar-refractivity contribution < 1.29 is 14.2 Å². The summed E-state index contributed by atoms with van der Waals surface area (Å²) in [6.45, 7) is 1.51. The molecule has 2 rings (SSSR count). The summed E-state index contributed by atoms with van der Waals surface area (Å²) in [7, 11) is 1.46. The summed E-state index contributed by atoms with van der Waals surface area (Å²) in [6.07, 6.45) is 0. The molecule has 16 heavy (non-hydrogen) atoms. The number of benzene rings is 1. The van der Waals surface area contributed by atoms with Crippen molar-refractivity contribution >= 4 is 10.9 Å². The fraction of sp³-hybridized carbons (Fsp3) is 0.250. The average Bonchev–Trinajstić information content (AvgIpc) is 2.32. The lowest BCUT2D eigenvalue weighted by atomic mass is 10.1. The molecule has 0 fully saturated rings. The lowest BCUT2D eigenvalue weighted by molar-refractivity contribution is 0.282. The molecule has 0 atom stereocenters. The van der Waals surface area contributed by atoms with Crippen molar-refractivity contribution in [1.82, 2.24) is 4.98 Å². The Balaban J connectivity index is 2.84. The monoisotopic (exact) mass is 221 g/mol. The van der Waals surface area contributed by atoms with Gasteiger partial charge in [-0.1, -0.05) is 12.1 Å². The number of hydrogen-bond donors (Lipinski definition) is 1. The van der Waals surface area contributed by atoms with Crippen LogP contribution in [-0.2, 0) is 6.61 Å². The van der Waals surface area contributed by atoms with Gasteiger partial charge in [0.2, 0.25) is 5.88 Å². The van der Waals surface area contributed by atoms with E-state index in [1.54, 1.807) is 25.1 Å². The number of rotatable bonds is 2. The molecule has 0 radical (unpaired) electrons. The Labute approximate surface area is 92.5 Å². The second-order valence-corrected chi connectivity index (χ2v) is 3.57. The van der Waals surface area contributed by atoms with Gasteiger partial charge in [0.25, 0.3) is 0 Å². The van der Waals surface area contributed by atoms with E-state index in [1.165, 1.54) is 7.11 Å². The number of aliphatic hydroxyl groups excluding tert-OH is 1. The number of fused-ring (bicyclic) bond motifs is 1. The van der Waals surface area contributed by atoms with Gasteiger partial charge in [0, 0.05) is 11.5 Å². The lowest BCUT2D eigenvalue weighted by Gasteiger charge is -2.08. The fourth-order valence-corrected chi connectivity index (χ4v) is 1.64. The van der Waals surface area contributed by atoms with Gasteiger partial charge >= 0.3 is 0 Å². The van der Waals surface area contributed by atoms with Crippen molar-refractivity contribution in [3.8, 4) is 5.88 Å². The molecule has 0 aliphatic heterocycles. The summed E-state index contributed by atoms with van der Waals surface area (Å²) in [5.74, 6) is -0.0628. The molecule has 0 aliphatic carbocycles. The Hall–Kier alpha value is -1.68. The lowest BCUT2D eigenvalue weighted by Crippen LogP contribution is -1.97. The number of halogens is 1. The first-order chi connectivity index (χ1) is 7.67. The first-order valence-corrected chi connectivity index (χ1v) is 4.91. The SMILES string of the molecule is COc1cc(CO)c2ccc(C)c(F)c2n1. The Morgan fingerprint density at radius 1 is 1.44 bits per heavy atom. The van der Waals surface area contributed by atoms with E-state index < -0.39 is 0 Å². The number of ether oxygens (including phenoxy) is 1. The van der Waals surface area contributed by atoms with Gasteiger partial charge in [-0.15, -0.1) is 0 Å². The Kier molecular flexibility index (Phi) is 2.75. The number of aromatic nitrogens is 1. The summed E-state index contributed by atoms with van der Waals surface area (Å²) >= 11 is 0. The Morgan fingerprint density at radius 3 is 2.81 bits per heavy atom. The van der Waals surface area contributed by atoms with Crippen molar-refractivity contribution in [2.24, 2.45) is 0 Å². The van der Waals surface area contributed by atoms with Crippen LogP contribution in [0.3, 0.4) is 0 Å². The summed E-state index contributed by atoms with van der Waals surface area (Å²) in [5, 5.41) is 9.83. The van der Waals surface area contributed by atoms with Crippen LogP contribution in [0, 0.1) is 12.7 Å². The molecule has 1 aromatic carbocycles. The highest BCUT2D eigenvalue weighted by Crippen LogP contribution is 2.25. The summed E-state index contributed by atoms with van der Waals surface area (Å²) in [4.78, 5) is 4.05. The molecule has 1 heterocycles. The van der Waals surface area contributed by atoms with Gasteiger partial charge in [0.05, 0.1) is 13.7 Å². The first-order valence-electron chi connectivity index (χ1n) is 4.91. The zero-order valence-corrected chi connectivity index (χ0v) is 9.12. The van der Waals surface area contributed by atoms with Gasteiger partial charge in [-0.2, -0.15) is 0 Å². The van der Waals surface area contributed by atoms with Crippen LogP contribution in [0.5, 0.6) is 5.88 Å². The molecule has 1 N–H and O–H groups in total. The molecular formula is C12H12FNO2. The van der Waals surface area contributed by atoms with E-state index in [4.69, 9.17) is 4.74 Å². The van der Waals surface area contributed by atoms with Crippen molar-refractivity contribution in [3.63, 3.8) is 0 Å². The quantitative estimate of drug-likeness (QED) is 0.845. The van der Waals surface area contributed by atoms with E-state index in [0.29, 0.717) is 22.4 Å². The van der Waals surface area contributed by atoms with Gasteiger partial charge < -0.3 is 9.84 Å². The van der Waals surface area contributed by atoms with E-state index in [9.17, 15) is 9.50 Å². The Morgan fingerprint density at radius 2 is 2.19 bits per heavy atom. The molecule has 3 nitrogen and oxygen atoms in total. The number of nitrogens with zero attached hydrogens (tertiary/aromatic N) is 1. The third-order valence-corrected chi connectivity index (χ3v) is 2.55. The standard InChI is InChI=1S/C12H12FNO2/c1-7-3-4-9-8(6-15)5-10(16-2)14-12(9)11(7)13/h3-5,15H,6H2,1-2H3. The van der Waals surface area contributed by atoms with Crippen LogP contribution in [0.4, 0.5) is 4.39 Å². The minimum Gasteiger partial charge on any atom is -0.481 e. The van der Waals surface area contributed by atoms with Crippen LogP contribution in [0.2, 0.25) is 0 Å². The molecule has 0 unspecified atom stereocenters. The second-order valence-electron chi connectivity index (χ2n) is 3.57. The molecule has 4 heteroatoms. The number of methoxy groups -OCH3 is 1. The van der Waals surface area contributed by atoms with E-state index >= 15 is 0 Å². The maximum atomic E-state index is 13.8. The zero-order chi connectivity index (χ0) is 11.7. The van der Waals surface area contributed by atoms with Gasteiger partial charge in [0.1, 0.15) is 5.52 Å². The van der Waals surface area contributed by atoms with Crippen molar-refractivity contribution in [1.29, 1.82) is 0 Å². The van der Waals surface area contributed by atoms with Gasteiger partial charge in [-0.05, 0) is 18.1 Å². The highest BCUT2D eigenvalue weighted by molar-refractivity contribution is 5.84. The van der Waals surface area contributed by atoms with Crippen molar-refractivity contribution in [2.75, 3.05) is 7.11 Å². The first kappa shape index (κ1) is 10.8. The average molecular weight is 221 g/mol. The second kappa shape index (κ2) is 4.06. The van der Waals surface area contributed by atoms with Crippen LogP contribution >= 0.6 is 0 Å². The molecule has 0 amide bonds. The highest BCUT2D eigenvalue weighted by atomic mass is 19.1. The molecule has 0 saturated carbocycles. The molecule has 0 aliphatic rings. The smallest absolute Gasteiger partial charge is 0.213 e. The predicted molar refractivity (Wildman–Crippen MR) is 58.9 cm³/mol. The van der Waals surface area contributed by atoms with Gasteiger partial charge in [-0.3, -0.25) is 0 Å². The number of hydrogen-bond acceptors (Lipinski definition) is 3. The molecule has 84 valence electrons. The van der Waals surface area contributed by atoms with Gasteiger partial charge in [0.15, 0.2) is 5.82 Å². The van der Waals surface area contributed by atoms with Crippen LogP contribution in [0.1, 0.15) is 11.1 Å². The number of pyridine rings is 1. The van der Waals surface area contributed by atoms with Crippen LogP contribution < -0.4 is 4.74 Å². The molecule has 0 saturated heterocycles. The third kappa shape index (κ3) is 1.61. The van der Waals surface area contributed by atoms with E-state index in [2.05, 4.69) is 4.98 Å². The van der Waals surface area contributed by atoms with Crippen LogP contribution in [0.15, 0.2) is 18.2 Å². The summed E-state index contributed by atoms with van der Waals surface area (Å²) in [5.41, 5.74) is 1.38. The Bertz CT molecular complexity index is 540. The number of aryl methyl sites for hydroxylation is 1. The van der Waals surface area contributed by atoms with Gasteiger partial charge in [-0.25, -0.2) is 9.37 Å². The predicted octanol–water partition coefficient (Wildman–Crippen LogP) is 2.18. The summed E-state index contributed by atoms with van der Waals surface area (Å²) in [6, 6.07) is 5.04. The molecule has 1 aromatic heterocycles. The molecule has 0 spiro atoms. The van der Waals surface area contributed by atoms with Crippen LogP contribution in [0.25, 0.3) is 10.9 Å². The minimum atomic E-state index is -0.369. The van der Waals surface area contributed by atoms with E-state index in [1.807, 2.05) is 0 Å². The maximum Gasteiger partial charge on any atom is 0.213 e. The zero-order valence-electron chi connectivity index (χ0n) is 9.12. The maximum absolute atomic E-state index is 13.8. The largest absolute Gasteiger partial charge is 0.481 e.